The number of ether oxygens (including phenoxy) is 2. The molecule has 3 fully saturated rings. The van der Waals surface area contributed by atoms with Crippen LogP contribution in [0.25, 0.3) is 20.5 Å². The summed E-state index contributed by atoms with van der Waals surface area (Å²) < 4.78 is 14.6. The zero-order chi connectivity index (χ0) is 39.9. The van der Waals surface area contributed by atoms with E-state index < -0.39 is 23.8 Å². The third kappa shape index (κ3) is 7.69. The van der Waals surface area contributed by atoms with Crippen LogP contribution >= 0.6 is 27.3 Å². The second-order valence-corrected chi connectivity index (χ2v) is 17.1. The van der Waals surface area contributed by atoms with E-state index >= 15 is 0 Å². The molecule has 5 heterocycles. The van der Waals surface area contributed by atoms with E-state index in [9.17, 15) is 24.3 Å². The Kier molecular flexibility index (Phi) is 10.7. The molecule has 14 heteroatoms. The molecule has 1 aromatic heterocycles. The van der Waals surface area contributed by atoms with Crippen molar-refractivity contribution in [2.75, 3.05) is 57.3 Å². The molecule has 1 atom stereocenters. The van der Waals surface area contributed by atoms with Gasteiger partial charge in [-0.2, -0.15) is 0 Å². The summed E-state index contributed by atoms with van der Waals surface area (Å²) in [7, 11) is 0. The first-order chi connectivity index (χ1) is 28.2. The van der Waals surface area contributed by atoms with Crippen molar-refractivity contribution in [3.05, 3.63) is 101 Å². The highest BCUT2D eigenvalue weighted by Crippen LogP contribution is 2.47. The van der Waals surface area contributed by atoms with Crippen molar-refractivity contribution in [1.29, 1.82) is 0 Å². The Morgan fingerprint density at radius 2 is 1.50 bits per heavy atom. The number of hydrogen-bond donors (Lipinski definition) is 2. The minimum Gasteiger partial charge on any atom is -0.508 e. The average Bonchev–Trinajstić information content (AvgIpc) is 3.71. The maximum atomic E-state index is 13.3. The molecule has 4 aliphatic heterocycles. The largest absolute Gasteiger partial charge is 0.508 e. The summed E-state index contributed by atoms with van der Waals surface area (Å²) in [5, 5.41) is 13.3. The van der Waals surface area contributed by atoms with Crippen LogP contribution < -0.4 is 19.7 Å². The van der Waals surface area contributed by atoms with Crippen LogP contribution in [0.5, 0.6) is 23.0 Å². The van der Waals surface area contributed by atoms with Gasteiger partial charge in [0.2, 0.25) is 11.8 Å². The summed E-state index contributed by atoms with van der Waals surface area (Å²) in [5.74, 6) is 0.534. The van der Waals surface area contributed by atoms with E-state index in [0.29, 0.717) is 29.5 Å². The van der Waals surface area contributed by atoms with Crippen molar-refractivity contribution in [3.8, 4) is 33.4 Å². The number of anilines is 1. The Labute approximate surface area is 348 Å². The van der Waals surface area contributed by atoms with Gasteiger partial charge in [-0.3, -0.25) is 39.2 Å². The van der Waals surface area contributed by atoms with Crippen molar-refractivity contribution in [1.82, 2.24) is 20.0 Å². The number of fused-ring (bicyclic) bond motifs is 2. The summed E-state index contributed by atoms with van der Waals surface area (Å²) in [6.45, 7) is 6.93. The molecule has 12 nitrogen and oxygen atoms in total. The molecule has 3 saturated heterocycles. The molecule has 0 bridgehead atoms. The van der Waals surface area contributed by atoms with Crippen molar-refractivity contribution in [3.63, 3.8) is 0 Å². The molecule has 1 unspecified atom stereocenters. The number of rotatable bonds is 10. The molecule has 9 rings (SSSR count). The number of piperazine rings is 1. The molecule has 5 aromatic rings. The number of aromatic hydroxyl groups is 1. The van der Waals surface area contributed by atoms with Crippen LogP contribution in [0.3, 0.4) is 0 Å². The molecular weight excluding hydrogens is 822 g/mol. The second-order valence-electron chi connectivity index (χ2n) is 15.1. The van der Waals surface area contributed by atoms with Crippen molar-refractivity contribution in [2.45, 2.75) is 37.8 Å². The number of halogens is 1. The van der Waals surface area contributed by atoms with Crippen LogP contribution in [0.2, 0.25) is 0 Å². The quantitative estimate of drug-likeness (QED) is 0.143. The van der Waals surface area contributed by atoms with Gasteiger partial charge >= 0.3 is 0 Å². The lowest BCUT2D eigenvalue weighted by Gasteiger charge is -2.43. The number of imide groups is 2. The summed E-state index contributed by atoms with van der Waals surface area (Å²) in [6, 6.07) is 26.1. The molecule has 0 saturated carbocycles. The number of piperidine rings is 2. The lowest BCUT2D eigenvalue weighted by atomic mass is 10.0. The standard InChI is InChI=1S/C44H42BrN5O7S/c45-28-3-1-27(2-4-28)41-40(35-12-6-31(51)26-38(35)58-41)57-33-9-7-32(8-10-33)56-24-23-47-17-15-29(16-18-47)48-19-21-49(22-20-48)30-5-11-34-36(25-30)44(55)50(43(34)54)37-13-14-39(52)46-42(37)53/h1-12,25-26,29,37,51H,13-24H2,(H,46,52,53). The highest BCUT2D eigenvalue weighted by Gasteiger charge is 2.45. The Bertz CT molecular complexity index is 2390. The molecule has 0 radical (unpaired) electrons. The summed E-state index contributed by atoms with van der Waals surface area (Å²) in [4.78, 5) is 59.8. The number of likely N-dealkylation sites (tertiary alicyclic amines) is 1. The summed E-state index contributed by atoms with van der Waals surface area (Å²) in [5.41, 5.74) is 2.55. The van der Waals surface area contributed by atoms with Crippen LogP contribution in [0.15, 0.2) is 89.4 Å². The van der Waals surface area contributed by atoms with Gasteiger partial charge in [0.05, 0.1) is 16.0 Å². The Hall–Kier alpha value is -5.28. The molecule has 298 valence electrons. The molecular formula is C44H42BrN5O7S. The summed E-state index contributed by atoms with van der Waals surface area (Å²) >= 11 is 5.11. The van der Waals surface area contributed by atoms with Crippen molar-refractivity contribution < 1.29 is 33.8 Å². The van der Waals surface area contributed by atoms with Gasteiger partial charge in [-0.1, -0.05) is 28.1 Å². The van der Waals surface area contributed by atoms with Crippen LogP contribution in [0.1, 0.15) is 46.4 Å². The zero-order valence-corrected chi connectivity index (χ0v) is 34.1. The zero-order valence-electron chi connectivity index (χ0n) is 31.7. The van der Waals surface area contributed by atoms with Crippen molar-refractivity contribution in [2.24, 2.45) is 0 Å². The van der Waals surface area contributed by atoms with E-state index in [-0.39, 0.29) is 24.5 Å². The van der Waals surface area contributed by atoms with Gasteiger partial charge in [-0.25, -0.2) is 0 Å². The lowest BCUT2D eigenvalue weighted by molar-refractivity contribution is -0.136. The Balaban J connectivity index is 0.732. The third-order valence-electron chi connectivity index (χ3n) is 11.6. The van der Waals surface area contributed by atoms with Crippen LogP contribution in [0, 0.1) is 0 Å². The fraction of sp³-hybridized carbons (Fsp3) is 0.318. The predicted molar refractivity (Wildman–Crippen MR) is 225 cm³/mol. The van der Waals surface area contributed by atoms with Gasteiger partial charge in [0.25, 0.3) is 11.8 Å². The molecule has 4 aromatic carbocycles. The van der Waals surface area contributed by atoms with Gasteiger partial charge < -0.3 is 19.5 Å². The van der Waals surface area contributed by atoms with Crippen LogP contribution in [0.4, 0.5) is 5.69 Å². The Morgan fingerprint density at radius 3 is 2.24 bits per heavy atom. The topological polar surface area (TPSA) is 132 Å². The van der Waals surface area contributed by atoms with Gasteiger partial charge in [0, 0.05) is 65.4 Å². The van der Waals surface area contributed by atoms with Gasteiger partial charge in [-0.05, 0) is 111 Å². The fourth-order valence-electron chi connectivity index (χ4n) is 8.48. The molecule has 0 aliphatic carbocycles. The van der Waals surface area contributed by atoms with Gasteiger partial charge in [0.1, 0.15) is 29.9 Å². The molecule has 2 N–H and O–H groups in total. The van der Waals surface area contributed by atoms with Crippen LogP contribution in [-0.4, -0.2) is 108 Å². The number of hydrogen-bond acceptors (Lipinski definition) is 11. The number of amides is 4. The monoisotopic (exact) mass is 863 g/mol. The average molecular weight is 865 g/mol. The number of thiophene rings is 1. The number of phenolic OH excluding ortho intramolecular Hbond substituents is 1. The summed E-state index contributed by atoms with van der Waals surface area (Å²) in [6.07, 6.45) is 2.43. The van der Waals surface area contributed by atoms with E-state index in [1.165, 1.54) is 0 Å². The number of benzene rings is 4. The minimum absolute atomic E-state index is 0.0965. The van der Waals surface area contributed by atoms with E-state index in [1.54, 1.807) is 35.6 Å². The number of nitrogens with one attached hydrogen (secondary N) is 1. The number of nitrogens with zero attached hydrogens (tertiary/aromatic N) is 4. The highest BCUT2D eigenvalue weighted by atomic mass is 79.9. The molecule has 4 aliphatic rings. The smallest absolute Gasteiger partial charge is 0.262 e. The van der Waals surface area contributed by atoms with E-state index in [1.807, 2.05) is 48.5 Å². The normalized spacial score (nSPS) is 19.5. The molecule has 0 spiro atoms. The lowest BCUT2D eigenvalue weighted by Crippen LogP contribution is -2.54. The molecule has 4 amide bonds. The SMILES string of the molecule is O=C1CCC(N2C(=O)c3ccc(N4CCN(C5CCN(CCOc6ccc(Oc7c(-c8ccc(Br)cc8)sc8cc(O)ccc78)cc6)CC5)CC4)cc3C2=O)C(=O)N1. The highest BCUT2D eigenvalue weighted by molar-refractivity contribution is 9.10. The maximum Gasteiger partial charge on any atom is 0.262 e. The number of carbonyl (C=O) groups excluding carboxylic acids is 4. The first-order valence-electron chi connectivity index (χ1n) is 19.7. The van der Waals surface area contributed by atoms with E-state index in [0.717, 1.165) is 106 Å². The maximum absolute atomic E-state index is 13.3. The van der Waals surface area contributed by atoms with E-state index in [4.69, 9.17) is 9.47 Å². The second kappa shape index (κ2) is 16.2. The fourth-order valence-corrected chi connectivity index (χ4v) is 9.91. The minimum atomic E-state index is -0.967. The molecule has 58 heavy (non-hydrogen) atoms. The van der Waals surface area contributed by atoms with E-state index in [2.05, 4.69) is 48.1 Å². The van der Waals surface area contributed by atoms with Crippen molar-refractivity contribution >= 4 is 66.7 Å². The van der Waals surface area contributed by atoms with Crippen LogP contribution in [-0.2, 0) is 9.59 Å². The number of carbonyl (C=O) groups is 4. The van der Waals surface area contributed by atoms with Gasteiger partial charge in [0.15, 0.2) is 5.75 Å². The van der Waals surface area contributed by atoms with Gasteiger partial charge in [-0.15, -0.1) is 11.3 Å². The number of phenols is 1. The first kappa shape index (κ1) is 38.2. The first-order valence-corrected chi connectivity index (χ1v) is 21.3. The Morgan fingerprint density at radius 1 is 0.776 bits per heavy atom. The third-order valence-corrected chi connectivity index (χ3v) is 13.3. The predicted octanol–water partition coefficient (Wildman–Crippen LogP) is 6.90.